The standard InChI is InChI=1S/C14H15N3O2/c1-10(19-13-6-2-4-11(15)8-13)14(18)17-12-5-3-7-16-9-12/h2-10H,15H2,1H3,(H,17,18)/t10-/m0/s1. The normalized spacial score (nSPS) is 11.6. The summed E-state index contributed by atoms with van der Waals surface area (Å²) in [6, 6.07) is 10.5. The van der Waals surface area contributed by atoms with Gasteiger partial charge in [-0.25, -0.2) is 0 Å². The monoisotopic (exact) mass is 257 g/mol. The first-order valence-corrected chi connectivity index (χ1v) is 5.88. The Labute approximate surface area is 111 Å². The van der Waals surface area contributed by atoms with Crippen LogP contribution in [0.3, 0.4) is 0 Å². The van der Waals surface area contributed by atoms with Gasteiger partial charge in [-0.1, -0.05) is 6.07 Å². The minimum atomic E-state index is -0.623. The van der Waals surface area contributed by atoms with Crippen LogP contribution < -0.4 is 15.8 Å². The zero-order valence-electron chi connectivity index (χ0n) is 10.5. The highest BCUT2D eigenvalue weighted by Crippen LogP contribution is 2.16. The average molecular weight is 257 g/mol. The molecule has 98 valence electrons. The smallest absolute Gasteiger partial charge is 0.265 e. The van der Waals surface area contributed by atoms with E-state index >= 15 is 0 Å². The molecular formula is C14H15N3O2. The van der Waals surface area contributed by atoms with E-state index in [1.54, 1.807) is 55.7 Å². The van der Waals surface area contributed by atoms with Crippen molar-refractivity contribution in [2.24, 2.45) is 0 Å². The molecule has 1 aromatic heterocycles. The molecule has 0 aliphatic heterocycles. The zero-order valence-corrected chi connectivity index (χ0v) is 10.5. The Balaban J connectivity index is 1.96. The summed E-state index contributed by atoms with van der Waals surface area (Å²) in [5.41, 5.74) is 6.87. The molecule has 0 radical (unpaired) electrons. The van der Waals surface area contributed by atoms with E-state index in [2.05, 4.69) is 10.3 Å². The number of nitrogens with one attached hydrogen (secondary N) is 1. The Kier molecular flexibility index (Phi) is 3.97. The molecule has 1 amide bonds. The summed E-state index contributed by atoms with van der Waals surface area (Å²) < 4.78 is 5.52. The predicted octanol–water partition coefficient (Wildman–Crippen LogP) is 2.07. The third kappa shape index (κ3) is 3.70. The lowest BCUT2D eigenvalue weighted by Gasteiger charge is -2.14. The second kappa shape index (κ2) is 5.86. The lowest BCUT2D eigenvalue weighted by Crippen LogP contribution is -2.30. The predicted molar refractivity (Wildman–Crippen MR) is 73.8 cm³/mol. The minimum absolute atomic E-state index is 0.240. The van der Waals surface area contributed by atoms with Gasteiger partial charge in [0, 0.05) is 18.0 Å². The maximum absolute atomic E-state index is 11.9. The molecule has 3 N–H and O–H groups in total. The van der Waals surface area contributed by atoms with Gasteiger partial charge in [0.15, 0.2) is 6.10 Å². The van der Waals surface area contributed by atoms with Gasteiger partial charge in [-0.2, -0.15) is 0 Å². The van der Waals surface area contributed by atoms with E-state index < -0.39 is 6.10 Å². The summed E-state index contributed by atoms with van der Waals surface area (Å²) in [6.45, 7) is 1.68. The number of amides is 1. The summed E-state index contributed by atoms with van der Waals surface area (Å²) in [4.78, 5) is 15.8. The van der Waals surface area contributed by atoms with Crippen molar-refractivity contribution in [3.05, 3.63) is 48.8 Å². The van der Waals surface area contributed by atoms with Gasteiger partial charge in [0.1, 0.15) is 5.75 Å². The first-order chi connectivity index (χ1) is 9.15. The third-order valence-corrected chi connectivity index (χ3v) is 2.47. The van der Waals surface area contributed by atoms with Crippen LogP contribution in [0.25, 0.3) is 0 Å². The number of nitrogen functional groups attached to an aromatic ring is 1. The fraction of sp³-hybridized carbons (Fsp3) is 0.143. The van der Waals surface area contributed by atoms with Crippen LogP contribution in [-0.4, -0.2) is 17.0 Å². The Morgan fingerprint density at radius 3 is 2.89 bits per heavy atom. The molecule has 5 nitrogen and oxygen atoms in total. The minimum Gasteiger partial charge on any atom is -0.481 e. The number of carbonyl (C=O) groups is 1. The second-order valence-electron chi connectivity index (χ2n) is 4.06. The molecule has 1 heterocycles. The van der Waals surface area contributed by atoms with Gasteiger partial charge in [-0.05, 0) is 31.2 Å². The molecule has 0 fully saturated rings. The van der Waals surface area contributed by atoms with E-state index in [0.29, 0.717) is 17.1 Å². The fourth-order valence-corrected chi connectivity index (χ4v) is 1.53. The summed E-state index contributed by atoms with van der Waals surface area (Å²) in [5.74, 6) is 0.323. The van der Waals surface area contributed by atoms with Crippen molar-refractivity contribution in [1.82, 2.24) is 4.98 Å². The number of rotatable bonds is 4. The van der Waals surface area contributed by atoms with Crippen molar-refractivity contribution >= 4 is 17.3 Å². The third-order valence-electron chi connectivity index (χ3n) is 2.47. The molecule has 0 saturated carbocycles. The van der Waals surface area contributed by atoms with Crippen molar-refractivity contribution in [2.45, 2.75) is 13.0 Å². The Bertz CT molecular complexity index is 558. The molecule has 1 atom stereocenters. The van der Waals surface area contributed by atoms with Gasteiger partial charge in [-0.15, -0.1) is 0 Å². The molecule has 2 aromatic rings. The van der Waals surface area contributed by atoms with Crippen LogP contribution in [0.15, 0.2) is 48.8 Å². The van der Waals surface area contributed by atoms with E-state index in [-0.39, 0.29) is 5.91 Å². The lowest BCUT2D eigenvalue weighted by atomic mass is 10.3. The molecule has 1 aromatic carbocycles. The van der Waals surface area contributed by atoms with Crippen molar-refractivity contribution in [3.8, 4) is 5.75 Å². The summed E-state index contributed by atoms with van der Waals surface area (Å²) in [7, 11) is 0. The molecule has 0 saturated heterocycles. The van der Waals surface area contributed by atoms with E-state index in [4.69, 9.17) is 10.5 Å². The molecule has 0 bridgehead atoms. The van der Waals surface area contributed by atoms with Crippen LogP contribution in [0.1, 0.15) is 6.92 Å². The van der Waals surface area contributed by atoms with Crippen LogP contribution >= 0.6 is 0 Å². The lowest BCUT2D eigenvalue weighted by molar-refractivity contribution is -0.122. The summed E-state index contributed by atoms with van der Waals surface area (Å²) >= 11 is 0. The van der Waals surface area contributed by atoms with E-state index in [1.165, 1.54) is 0 Å². The number of hydrogen-bond donors (Lipinski definition) is 2. The number of benzene rings is 1. The zero-order chi connectivity index (χ0) is 13.7. The summed E-state index contributed by atoms with van der Waals surface area (Å²) in [5, 5.41) is 2.72. The van der Waals surface area contributed by atoms with Gasteiger partial charge in [0.25, 0.3) is 5.91 Å². The van der Waals surface area contributed by atoms with Crippen molar-refractivity contribution in [2.75, 3.05) is 11.1 Å². The first kappa shape index (κ1) is 12.9. The number of carbonyl (C=O) groups excluding carboxylic acids is 1. The van der Waals surface area contributed by atoms with Gasteiger partial charge in [0.05, 0.1) is 11.9 Å². The van der Waals surface area contributed by atoms with E-state index in [1.807, 2.05) is 0 Å². The van der Waals surface area contributed by atoms with E-state index in [9.17, 15) is 4.79 Å². The molecule has 0 aliphatic rings. The second-order valence-corrected chi connectivity index (χ2v) is 4.06. The van der Waals surface area contributed by atoms with Crippen molar-refractivity contribution in [3.63, 3.8) is 0 Å². The summed E-state index contributed by atoms with van der Waals surface area (Å²) in [6.07, 6.45) is 2.59. The number of nitrogens with zero attached hydrogens (tertiary/aromatic N) is 1. The molecule has 0 aliphatic carbocycles. The van der Waals surface area contributed by atoms with Crippen LogP contribution in [0.5, 0.6) is 5.75 Å². The highest BCUT2D eigenvalue weighted by Gasteiger charge is 2.14. The highest BCUT2D eigenvalue weighted by molar-refractivity contribution is 5.93. The molecular weight excluding hydrogens is 242 g/mol. The highest BCUT2D eigenvalue weighted by atomic mass is 16.5. The van der Waals surface area contributed by atoms with Gasteiger partial charge in [-0.3, -0.25) is 9.78 Å². The molecule has 0 spiro atoms. The van der Waals surface area contributed by atoms with E-state index in [0.717, 1.165) is 0 Å². The Morgan fingerprint density at radius 1 is 1.37 bits per heavy atom. The number of anilines is 2. The van der Waals surface area contributed by atoms with Crippen molar-refractivity contribution < 1.29 is 9.53 Å². The number of ether oxygens (including phenoxy) is 1. The number of nitrogens with two attached hydrogens (primary N) is 1. The molecule has 0 unspecified atom stereocenters. The largest absolute Gasteiger partial charge is 0.481 e. The fourth-order valence-electron chi connectivity index (χ4n) is 1.53. The maximum Gasteiger partial charge on any atom is 0.265 e. The molecule has 19 heavy (non-hydrogen) atoms. The van der Waals surface area contributed by atoms with Gasteiger partial charge >= 0.3 is 0 Å². The van der Waals surface area contributed by atoms with Crippen LogP contribution in [0.2, 0.25) is 0 Å². The Hall–Kier alpha value is -2.56. The SMILES string of the molecule is C[C@H](Oc1cccc(N)c1)C(=O)Nc1cccnc1. The van der Waals surface area contributed by atoms with Crippen LogP contribution in [-0.2, 0) is 4.79 Å². The molecule has 2 rings (SSSR count). The number of aromatic nitrogens is 1. The maximum atomic E-state index is 11.9. The van der Waals surface area contributed by atoms with Crippen molar-refractivity contribution in [1.29, 1.82) is 0 Å². The van der Waals surface area contributed by atoms with Crippen LogP contribution in [0.4, 0.5) is 11.4 Å². The van der Waals surface area contributed by atoms with Gasteiger partial charge < -0.3 is 15.8 Å². The van der Waals surface area contributed by atoms with Crippen LogP contribution in [0, 0.1) is 0 Å². The first-order valence-electron chi connectivity index (χ1n) is 5.88. The average Bonchev–Trinajstić information content (AvgIpc) is 2.40. The van der Waals surface area contributed by atoms with Gasteiger partial charge in [0.2, 0.25) is 0 Å². The molecule has 5 heteroatoms. The number of hydrogen-bond acceptors (Lipinski definition) is 4. The Morgan fingerprint density at radius 2 is 2.21 bits per heavy atom. The topological polar surface area (TPSA) is 77.2 Å². The number of pyridine rings is 1. The quantitative estimate of drug-likeness (QED) is 0.822.